The van der Waals surface area contributed by atoms with Gasteiger partial charge in [0.05, 0.1) is 6.10 Å². The van der Waals surface area contributed by atoms with E-state index in [0.717, 1.165) is 31.3 Å². The fraction of sp³-hybridized carbons (Fsp3) is 0.370. The molecule has 5 heteroatoms. The van der Waals surface area contributed by atoms with Crippen LogP contribution in [-0.2, 0) is 6.42 Å². The summed E-state index contributed by atoms with van der Waals surface area (Å²) in [5.74, 6) is -1.47. The summed E-state index contributed by atoms with van der Waals surface area (Å²) in [7, 11) is 0. The van der Waals surface area contributed by atoms with Crippen molar-refractivity contribution >= 4 is 11.5 Å². The summed E-state index contributed by atoms with van der Waals surface area (Å²) in [5, 5.41) is 21.0. The van der Waals surface area contributed by atoms with Crippen LogP contribution < -0.4 is 4.74 Å². The lowest BCUT2D eigenvalue weighted by Crippen LogP contribution is -2.17. The standard InChI is InChI=1S/C27H31FO4/c1-17(2)10-15-22-24(32-21-8-6-4-5-7-9-21)16-23(25(26(22)29)27(30)31)18(3)19-11-13-20(28)14-12-19/h10-14,16,21,29H,3-9,15H2,1-2H3,(H,30,31). The Kier molecular flexibility index (Phi) is 7.73. The third kappa shape index (κ3) is 5.58. The lowest BCUT2D eigenvalue weighted by molar-refractivity contribution is 0.0693. The number of aromatic carboxylic acids is 1. The normalized spacial score (nSPS) is 14.5. The topological polar surface area (TPSA) is 66.8 Å². The molecule has 1 aliphatic rings. The van der Waals surface area contributed by atoms with Crippen molar-refractivity contribution < 1.29 is 24.1 Å². The van der Waals surface area contributed by atoms with Gasteiger partial charge in [0.2, 0.25) is 0 Å². The molecule has 0 amide bonds. The van der Waals surface area contributed by atoms with Gasteiger partial charge in [-0.2, -0.15) is 0 Å². The molecule has 0 unspecified atom stereocenters. The Morgan fingerprint density at radius 2 is 1.78 bits per heavy atom. The highest BCUT2D eigenvalue weighted by Gasteiger charge is 2.26. The van der Waals surface area contributed by atoms with Gasteiger partial charge in [0.15, 0.2) is 0 Å². The minimum absolute atomic E-state index is 0.0185. The molecule has 0 bridgehead atoms. The molecular weight excluding hydrogens is 407 g/mol. The zero-order chi connectivity index (χ0) is 23.3. The molecule has 4 nitrogen and oxygen atoms in total. The Morgan fingerprint density at radius 1 is 1.16 bits per heavy atom. The molecule has 0 spiro atoms. The molecule has 170 valence electrons. The van der Waals surface area contributed by atoms with Crippen LogP contribution in [0.5, 0.6) is 11.5 Å². The van der Waals surface area contributed by atoms with Crippen LogP contribution in [0.15, 0.2) is 48.6 Å². The third-order valence-electron chi connectivity index (χ3n) is 5.91. The van der Waals surface area contributed by atoms with E-state index < -0.39 is 11.8 Å². The van der Waals surface area contributed by atoms with Gasteiger partial charge in [-0.1, -0.05) is 43.2 Å². The number of benzene rings is 2. The van der Waals surface area contributed by atoms with Crippen LogP contribution in [0.1, 0.15) is 79.4 Å². The highest BCUT2D eigenvalue weighted by atomic mass is 19.1. The monoisotopic (exact) mass is 438 g/mol. The summed E-state index contributed by atoms with van der Waals surface area (Å²) < 4.78 is 19.8. The molecule has 1 saturated carbocycles. The first kappa shape index (κ1) is 23.6. The molecule has 1 fully saturated rings. The first-order chi connectivity index (χ1) is 15.3. The van der Waals surface area contributed by atoms with Crippen molar-refractivity contribution in [1.29, 1.82) is 0 Å². The zero-order valence-corrected chi connectivity index (χ0v) is 18.8. The molecule has 0 heterocycles. The lowest BCUT2D eigenvalue weighted by Gasteiger charge is -2.23. The average Bonchev–Trinajstić information content (AvgIpc) is 3.01. The van der Waals surface area contributed by atoms with Crippen LogP contribution in [0.2, 0.25) is 0 Å². The number of rotatable bonds is 7. The van der Waals surface area contributed by atoms with Gasteiger partial charge in [0, 0.05) is 11.1 Å². The van der Waals surface area contributed by atoms with E-state index in [-0.39, 0.29) is 23.0 Å². The molecule has 0 atom stereocenters. The summed E-state index contributed by atoms with van der Waals surface area (Å²) in [6.45, 7) is 7.95. The van der Waals surface area contributed by atoms with E-state index in [9.17, 15) is 19.4 Å². The first-order valence-corrected chi connectivity index (χ1v) is 11.1. The quantitative estimate of drug-likeness (QED) is 0.364. The number of phenols is 1. The maximum absolute atomic E-state index is 13.4. The molecule has 2 N–H and O–H groups in total. The number of hydrogen-bond donors (Lipinski definition) is 2. The number of allylic oxidation sites excluding steroid dienone is 2. The van der Waals surface area contributed by atoms with E-state index in [4.69, 9.17) is 4.74 Å². The molecule has 0 aliphatic heterocycles. The molecule has 32 heavy (non-hydrogen) atoms. The fourth-order valence-electron chi connectivity index (χ4n) is 4.09. The molecule has 1 aliphatic carbocycles. The summed E-state index contributed by atoms with van der Waals surface area (Å²) in [4.78, 5) is 12.2. The van der Waals surface area contributed by atoms with Crippen molar-refractivity contribution in [1.82, 2.24) is 0 Å². The number of carboxylic acid groups (broad SMARTS) is 1. The van der Waals surface area contributed by atoms with Gasteiger partial charge in [-0.05, 0) is 75.3 Å². The molecule has 2 aromatic rings. The van der Waals surface area contributed by atoms with E-state index >= 15 is 0 Å². The van der Waals surface area contributed by atoms with E-state index in [1.165, 1.54) is 25.0 Å². The number of aromatic hydroxyl groups is 1. The van der Waals surface area contributed by atoms with Gasteiger partial charge < -0.3 is 14.9 Å². The van der Waals surface area contributed by atoms with E-state index in [1.807, 2.05) is 19.9 Å². The predicted octanol–water partition coefficient (Wildman–Crippen LogP) is 6.90. The Morgan fingerprint density at radius 3 is 2.34 bits per heavy atom. The maximum atomic E-state index is 13.4. The summed E-state index contributed by atoms with van der Waals surface area (Å²) in [5.41, 5.74) is 2.53. The van der Waals surface area contributed by atoms with Crippen molar-refractivity contribution in [3.05, 3.63) is 76.6 Å². The SMILES string of the molecule is C=C(c1ccc(F)cc1)c1cc(OC2CCCCCC2)c(CC=C(C)C)c(O)c1C(=O)O. The van der Waals surface area contributed by atoms with Crippen molar-refractivity contribution in [3.8, 4) is 11.5 Å². The highest BCUT2D eigenvalue weighted by Crippen LogP contribution is 2.40. The minimum Gasteiger partial charge on any atom is -0.507 e. The second kappa shape index (κ2) is 10.5. The lowest BCUT2D eigenvalue weighted by atomic mass is 9.91. The van der Waals surface area contributed by atoms with Gasteiger partial charge in [-0.15, -0.1) is 0 Å². The van der Waals surface area contributed by atoms with E-state index in [2.05, 4.69) is 6.58 Å². The second-order valence-electron chi connectivity index (χ2n) is 8.63. The second-order valence-corrected chi connectivity index (χ2v) is 8.63. The van der Waals surface area contributed by atoms with Crippen LogP contribution in [-0.4, -0.2) is 22.3 Å². The number of hydrogen-bond acceptors (Lipinski definition) is 3. The van der Waals surface area contributed by atoms with Crippen LogP contribution >= 0.6 is 0 Å². The first-order valence-electron chi connectivity index (χ1n) is 11.1. The van der Waals surface area contributed by atoms with Crippen LogP contribution in [0.3, 0.4) is 0 Å². The average molecular weight is 439 g/mol. The Hall–Kier alpha value is -3.08. The molecule has 0 aromatic heterocycles. The minimum atomic E-state index is -1.25. The number of halogens is 1. The predicted molar refractivity (Wildman–Crippen MR) is 125 cm³/mol. The van der Waals surface area contributed by atoms with Crippen LogP contribution in [0, 0.1) is 5.82 Å². The Labute approximate surface area is 189 Å². The third-order valence-corrected chi connectivity index (χ3v) is 5.91. The molecule has 3 rings (SSSR count). The van der Waals surface area contributed by atoms with Crippen LogP contribution in [0.25, 0.3) is 5.57 Å². The largest absolute Gasteiger partial charge is 0.507 e. The van der Waals surface area contributed by atoms with Gasteiger partial charge in [0.1, 0.15) is 22.9 Å². The van der Waals surface area contributed by atoms with Crippen molar-refractivity contribution in [2.24, 2.45) is 0 Å². The van der Waals surface area contributed by atoms with Gasteiger partial charge >= 0.3 is 5.97 Å². The maximum Gasteiger partial charge on any atom is 0.340 e. The molecule has 0 saturated heterocycles. The Balaban J connectivity index is 2.13. The molecule has 0 radical (unpaired) electrons. The number of carboxylic acids is 1. The van der Waals surface area contributed by atoms with Gasteiger partial charge in [-0.3, -0.25) is 0 Å². The summed E-state index contributed by atoms with van der Waals surface area (Å²) >= 11 is 0. The van der Waals surface area contributed by atoms with Crippen molar-refractivity contribution in [3.63, 3.8) is 0 Å². The zero-order valence-electron chi connectivity index (χ0n) is 18.8. The smallest absolute Gasteiger partial charge is 0.340 e. The van der Waals surface area contributed by atoms with Crippen LogP contribution in [0.4, 0.5) is 4.39 Å². The molecule has 2 aromatic carbocycles. The van der Waals surface area contributed by atoms with Gasteiger partial charge in [0.25, 0.3) is 0 Å². The van der Waals surface area contributed by atoms with Crippen molar-refractivity contribution in [2.75, 3.05) is 0 Å². The van der Waals surface area contributed by atoms with Gasteiger partial charge in [-0.25, -0.2) is 9.18 Å². The van der Waals surface area contributed by atoms with E-state index in [0.29, 0.717) is 28.9 Å². The molecular formula is C27H31FO4. The number of carbonyl (C=O) groups is 1. The summed E-state index contributed by atoms with van der Waals surface area (Å²) in [6.07, 6.45) is 8.71. The van der Waals surface area contributed by atoms with Crippen molar-refractivity contribution in [2.45, 2.75) is 64.9 Å². The fourth-order valence-corrected chi connectivity index (χ4v) is 4.09. The Bertz CT molecular complexity index is 1010. The summed E-state index contributed by atoms with van der Waals surface area (Å²) in [6, 6.07) is 7.36. The highest BCUT2D eigenvalue weighted by molar-refractivity contribution is 6.00. The number of ether oxygens (including phenoxy) is 1. The van der Waals surface area contributed by atoms with E-state index in [1.54, 1.807) is 18.2 Å².